The Morgan fingerprint density at radius 1 is 1.42 bits per heavy atom. The summed E-state index contributed by atoms with van der Waals surface area (Å²) in [5, 5.41) is 0. The van der Waals surface area contributed by atoms with Crippen LogP contribution in [0.2, 0.25) is 0 Å². The molecule has 70 valence electrons. The van der Waals surface area contributed by atoms with Gasteiger partial charge in [0, 0.05) is 0 Å². The Morgan fingerprint density at radius 3 is 2.08 bits per heavy atom. The smallest absolute Gasteiger partial charge is 0.106 e. The molecule has 0 N–H and O–H groups in total. The molecule has 0 aromatic rings. The van der Waals surface area contributed by atoms with Gasteiger partial charge in [-0.05, 0) is 27.7 Å². The summed E-state index contributed by atoms with van der Waals surface area (Å²) in [7, 11) is 0. The quantitative estimate of drug-likeness (QED) is 0.478. The Morgan fingerprint density at radius 2 is 2.00 bits per heavy atom. The molecule has 0 heterocycles. The van der Waals surface area contributed by atoms with Gasteiger partial charge in [0.2, 0.25) is 0 Å². The van der Waals surface area contributed by atoms with Crippen LogP contribution >= 0.6 is 0 Å². The van der Waals surface area contributed by atoms with Crippen LogP contribution in [0.4, 0.5) is 0 Å². The predicted octanol–water partition coefficient (Wildman–Crippen LogP) is 2.56. The van der Waals surface area contributed by atoms with Crippen LogP contribution in [-0.2, 0) is 9.47 Å². The number of hydrogen-bond donors (Lipinski definition) is 0. The number of ether oxygens (including phenoxy) is 2. The zero-order valence-electron chi connectivity index (χ0n) is 8.39. The van der Waals surface area contributed by atoms with Crippen LogP contribution < -0.4 is 0 Å². The lowest BCUT2D eigenvalue weighted by Gasteiger charge is -1.98. The van der Waals surface area contributed by atoms with Gasteiger partial charge in [-0.3, -0.25) is 0 Å². The van der Waals surface area contributed by atoms with Crippen molar-refractivity contribution in [3.05, 3.63) is 11.8 Å². The molecule has 0 unspecified atom stereocenters. The van der Waals surface area contributed by atoms with Crippen molar-refractivity contribution in [3.8, 4) is 12.5 Å². The zero-order chi connectivity index (χ0) is 9.82. The van der Waals surface area contributed by atoms with Crippen molar-refractivity contribution >= 4 is 0 Å². The van der Waals surface area contributed by atoms with Crippen LogP contribution in [-0.4, -0.2) is 13.2 Å². The summed E-state index contributed by atoms with van der Waals surface area (Å²) in [5.41, 5.74) is 0. The topological polar surface area (TPSA) is 18.5 Å². The van der Waals surface area contributed by atoms with E-state index in [9.17, 15) is 0 Å². The average molecular weight is 170 g/mol. The molecular weight excluding hydrogens is 152 g/mol. The number of allylic oxidation sites excluding steroid dienone is 2. The summed E-state index contributed by atoms with van der Waals surface area (Å²) >= 11 is 0. The van der Waals surface area contributed by atoms with Crippen LogP contribution in [0.5, 0.6) is 0 Å². The second-order valence-corrected chi connectivity index (χ2v) is 1.88. The Hall–Kier alpha value is -1.10. The monoisotopic (exact) mass is 170 g/mol. The Kier molecular flexibility index (Phi) is 14.1. The molecule has 0 bridgehead atoms. The van der Waals surface area contributed by atoms with Crippen LogP contribution in [0.25, 0.3) is 0 Å². The fourth-order valence-electron chi connectivity index (χ4n) is 0.394. The van der Waals surface area contributed by atoms with Gasteiger partial charge in [-0.25, -0.2) is 0 Å². The van der Waals surface area contributed by atoms with Gasteiger partial charge in [0.15, 0.2) is 0 Å². The lowest BCUT2D eigenvalue weighted by Crippen LogP contribution is -1.83. The summed E-state index contributed by atoms with van der Waals surface area (Å²) in [4.78, 5) is 0. The molecule has 0 atom stereocenters. The first-order chi connectivity index (χ1) is 5.72. The minimum atomic E-state index is 0.608. The van der Waals surface area contributed by atoms with Crippen LogP contribution in [0.3, 0.4) is 0 Å². The van der Waals surface area contributed by atoms with Crippen LogP contribution in [0.1, 0.15) is 27.7 Å². The van der Waals surface area contributed by atoms with Crippen molar-refractivity contribution < 1.29 is 9.47 Å². The van der Waals surface area contributed by atoms with E-state index < -0.39 is 0 Å². The van der Waals surface area contributed by atoms with E-state index in [0.717, 1.165) is 12.4 Å². The number of hydrogen-bond acceptors (Lipinski definition) is 2. The summed E-state index contributed by atoms with van der Waals surface area (Å²) in [6.45, 7) is 9.12. The highest BCUT2D eigenvalue weighted by atomic mass is 16.5. The van der Waals surface area contributed by atoms with E-state index >= 15 is 0 Å². The maximum Gasteiger partial charge on any atom is 0.106 e. The van der Waals surface area contributed by atoms with E-state index in [1.807, 2.05) is 39.9 Å². The normalized spacial score (nSPS) is 9.08. The van der Waals surface area contributed by atoms with Gasteiger partial charge in [-0.15, -0.1) is 0 Å². The zero-order valence-corrected chi connectivity index (χ0v) is 8.39. The Balaban J connectivity index is 0. The van der Waals surface area contributed by atoms with Gasteiger partial charge in [0.05, 0.1) is 19.0 Å². The molecule has 0 aliphatic carbocycles. The summed E-state index contributed by atoms with van der Waals surface area (Å²) in [6, 6.07) is 0. The Labute approximate surface area is 75.6 Å². The van der Waals surface area contributed by atoms with E-state index in [1.54, 1.807) is 0 Å². The third-order valence-electron chi connectivity index (χ3n) is 1.01. The Bertz CT molecular complexity index is 142. The molecular formula is C10H18O2. The van der Waals surface area contributed by atoms with Gasteiger partial charge in [-0.2, -0.15) is 0 Å². The second kappa shape index (κ2) is 12.6. The van der Waals surface area contributed by atoms with Gasteiger partial charge in [-0.1, -0.05) is 12.5 Å². The lowest BCUT2D eigenvalue weighted by molar-refractivity contribution is 0.231. The van der Waals surface area contributed by atoms with Crippen LogP contribution in [0.15, 0.2) is 11.8 Å². The predicted molar refractivity (Wildman–Crippen MR) is 51.5 cm³/mol. The standard InChI is InChI=1S/C6H12O.C4H6O/c1-4-6(3)7-5-2;1-3-5-4-2/h4H,5H2,1-3H3;1H,4H2,2H3/b6-4+;. The van der Waals surface area contributed by atoms with Crippen molar-refractivity contribution in [1.29, 1.82) is 0 Å². The first kappa shape index (κ1) is 13.5. The second-order valence-electron chi connectivity index (χ2n) is 1.88. The molecule has 0 aliphatic heterocycles. The molecule has 12 heavy (non-hydrogen) atoms. The van der Waals surface area contributed by atoms with E-state index in [4.69, 9.17) is 4.74 Å². The van der Waals surface area contributed by atoms with Crippen molar-refractivity contribution in [3.63, 3.8) is 0 Å². The number of rotatable bonds is 3. The summed E-state index contributed by atoms with van der Waals surface area (Å²) in [5.74, 6) is 1.00. The first-order valence-electron chi connectivity index (χ1n) is 4.05. The highest BCUT2D eigenvalue weighted by molar-refractivity contribution is 4.83. The minimum Gasteiger partial charge on any atom is -0.499 e. The fraction of sp³-hybridized carbons (Fsp3) is 0.600. The number of terminal acetylenes is 1. The molecule has 0 saturated heterocycles. The average Bonchev–Trinajstić information content (AvgIpc) is 2.07. The lowest BCUT2D eigenvalue weighted by atomic mass is 10.5. The third-order valence-corrected chi connectivity index (χ3v) is 1.01. The van der Waals surface area contributed by atoms with Gasteiger partial charge < -0.3 is 9.47 Å². The van der Waals surface area contributed by atoms with Crippen molar-refractivity contribution in [2.45, 2.75) is 27.7 Å². The van der Waals surface area contributed by atoms with Gasteiger partial charge in [0.1, 0.15) is 6.11 Å². The maximum absolute atomic E-state index is 5.05. The van der Waals surface area contributed by atoms with Gasteiger partial charge >= 0.3 is 0 Å². The van der Waals surface area contributed by atoms with Crippen LogP contribution in [0, 0.1) is 12.5 Å². The molecule has 0 saturated carbocycles. The SMILES string of the molecule is C#COCC.C/C=C(\C)OCC. The molecule has 2 heteroatoms. The molecule has 0 spiro atoms. The molecule has 0 aromatic heterocycles. The molecule has 2 nitrogen and oxygen atoms in total. The maximum atomic E-state index is 5.05. The van der Waals surface area contributed by atoms with E-state index in [1.165, 1.54) is 0 Å². The highest BCUT2D eigenvalue weighted by Crippen LogP contribution is 1.91. The largest absolute Gasteiger partial charge is 0.499 e. The first-order valence-corrected chi connectivity index (χ1v) is 4.05. The molecule has 0 amide bonds. The van der Waals surface area contributed by atoms with Crippen molar-refractivity contribution in [2.75, 3.05) is 13.2 Å². The molecule has 0 aromatic carbocycles. The molecule has 0 rings (SSSR count). The fourth-order valence-corrected chi connectivity index (χ4v) is 0.394. The molecule has 0 fully saturated rings. The minimum absolute atomic E-state index is 0.608. The summed E-state index contributed by atoms with van der Waals surface area (Å²) < 4.78 is 9.41. The van der Waals surface area contributed by atoms with E-state index in [0.29, 0.717) is 6.61 Å². The molecule has 0 aliphatic rings. The van der Waals surface area contributed by atoms with E-state index in [2.05, 4.69) is 11.2 Å². The van der Waals surface area contributed by atoms with Gasteiger partial charge in [0.25, 0.3) is 0 Å². The van der Waals surface area contributed by atoms with Crippen molar-refractivity contribution in [2.24, 2.45) is 0 Å². The highest BCUT2D eigenvalue weighted by Gasteiger charge is 1.77. The van der Waals surface area contributed by atoms with Crippen molar-refractivity contribution in [1.82, 2.24) is 0 Å². The molecule has 0 radical (unpaired) electrons. The third kappa shape index (κ3) is 16.0. The summed E-state index contributed by atoms with van der Waals surface area (Å²) in [6.07, 6.45) is 8.63. The van der Waals surface area contributed by atoms with E-state index in [-0.39, 0.29) is 0 Å².